The third-order valence-electron chi connectivity index (χ3n) is 7.40. The van der Waals surface area contributed by atoms with E-state index in [1.54, 1.807) is 20.3 Å². The summed E-state index contributed by atoms with van der Waals surface area (Å²) >= 11 is 6.39. The molecule has 0 radical (unpaired) electrons. The van der Waals surface area contributed by atoms with Crippen LogP contribution in [0.25, 0.3) is 16.9 Å². The third-order valence-corrected chi connectivity index (χ3v) is 7.70. The van der Waals surface area contributed by atoms with Crippen molar-refractivity contribution in [1.82, 2.24) is 14.7 Å². The van der Waals surface area contributed by atoms with Crippen LogP contribution in [0.1, 0.15) is 44.9 Å². The van der Waals surface area contributed by atoms with Crippen LogP contribution in [-0.2, 0) is 0 Å². The fourth-order valence-electron chi connectivity index (χ4n) is 5.46. The molecule has 7 heteroatoms. The Labute approximate surface area is 207 Å². The molecule has 0 bridgehead atoms. The molecule has 3 aromatic rings. The zero-order valence-corrected chi connectivity index (χ0v) is 21.0. The molecule has 2 aromatic heterocycles. The number of ether oxygens (including phenoxy) is 2. The molecule has 3 heterocycles. The summed E-state index contributed by atoms with van der Waals surface area (Å²) in [7, 11) is 3.25. The van der Waals surface area contributed by atoms with Gasteiger partial charge in [-0.2, -0.15) is 0 Å². The maximum absolute atomic E-state index is 6.39. The summed E-state index contributed by atoms with van der Waals surface area (Å²) < 4.78 is 13.0. The maximum atomic E-state index is 6.39. The van der Waals surface area contributed by atoms with Gasteiger partial charge in [-0.05, 0) is 50.3 Å². The van der Waals surface area contributed by atoms with Gasteiger partial charge in [0.05, 0.1) is 24.9 Å². The second-order valence-electron chi connectivity index (χ2n) is 9.66. The van der Waals surface area contributed by atoms with Gasteiger partial charge < -0.3 is 24.1 Å². The number of anilines is 1. The molecular formula is C27H35ClN4O2. The molecule has 0 unspecified atom stereocenters. The van der Waals surface area contributed by atoms with Crippen LogP contribution in [0.3, 0.4) is 0 Å². The fourth-order valence-corrected chi connectivity index (χ4v) is 5.70. The van der Waals surface area contributed by atoms with Gasteiger partial charge in [-0.25, -0.2) is 4.98 Å². The molecule has 1 aliphatic heterocycles. The minimum atomic E-state index is 0.538. The summed E-state index contributed by atoms with van der Waals surface area (Å²) in [5, 5.41) is 4.42. The Balaban J connectivity index is 1.32. The molecule has 5 rings (SSSR count). The third kappa shape index (κ3) is 4.98. The predicted octanol–water partition coefficient (Wildman–Crippen LogP) is 5.81. The minimum Gasteiger partial charge on any atom is -0.496 e. The van der Waals surface area contributed by atoms with Gasteiger partial charge in [0.1, 0.15) is 17.1 Å². The number of rotatable bonds is 7. The average Bonchev–Trinajstić information content (AvgIpc) is 3.31. The number of nitrogens with zero attached hydrogens (tertiary/aromatic N) is 3. The summed E-state index contributed by atoms with van der Waals surface area (Å²) in [4.78, 5) is 7.40. The van der Waals surface area contributed by atoms with E-state index in [1.165, 1.54) is 57.2 Å². The van der Waals surface area contributed by atoms with Crippen LogP contribution in [0.2, 0.25) is 5.02 Å². The lowest BCUT2D eigenvalue weighted by atomic mass is 9.89. The van der Waals surface area contributed by atoms with Gasteiger partial charge >= 0.3 is 0 Å². The number of aromatic nitrogens is 2. The summed E-state index contributed by atoms with van der Waals surface area (Å²) in [6, 6.07) is 8.61. The highest BCUT2D eigenvalue weighted by atomic mass is 35.5. The predicted molar refractivity (Wildman–Crippen MR) is 139 cm³/mol. The van der Waals surface area contributed by atoms with Crippen LogP contribution in [0, 0.1) is 5.92 Å². The largest absolute Gasteiger partial charge is 0.496 e. The van der Waals surface area contributed by atoms with Gasteiger partial charge in [-0.15, -0.1) is 0 Å². The van der Waals surface area contributed by atoms with E-state index in [4.69, 9.17) is 26.1 Å². The average molecular weight is 483 g/mol. The minimum absolute atomic E-state index is 0.538. The van der Waals surface area contributed by atoms with Gasteiger partial charge in [0.15, 0.2) is 0 Å². The number of hydrogen-bond acceptors (Lipinski definition) is 5. The van der Waals surface area contributed by atoms with Crippen molar-refractivity contribution >= 4 is 22.9 Å². The van der Waals surface area contributed by atoms with Gasteiger partial charge in [0.2, 0.25) is 0 Å². The smallest absolute Gasteiger partial charge is 0.141 e. The van der Waals surface area contributed by atoms with Crippen molar-refractivity contribution in [1.29, 1.82) is 0 Å². The molecular weight excluding hydrogens is 448 g/mol. The lowest BCUT2D eigenvalue weighted by molar-refractivity contribution is 0.314. The van der Waals surface area contributed by atoms with E-state index < -0.39 is 0 Å². The quantitative estimate of drug-likeness (QED) is 0.460. The number of piperidine rings is 1. The van der Waals surface area contributed by atoms with Crippen molar-refractivity contribution in [3.63, 3.8) is 0 Å². The Kier molecular flexibility index (Phi) is 7.16. The van der Waals surface area contributed by atoms with Crippen LogP contribution in [0.15, 0.2) is 36.7 Å². The Bertz CT molecular complexity index is 1130. The Morgan fingerprint density at radius 1 is 1.03 bits per heavy atom. The highest BCUT2D eigenvalue weighted by molar-refractivity contribution is 6.32. The van der Waals surface area contributed by atoms with Crippen molar-refractivity contribution in [3.05, 3.63) is 41.7 Å². The van der Waals surface area contributed by atoms with Crippen molar-refractivity contribution in [2.75, 3.05) is 38.8 Å². The number of fused-ring (bicyclic) bond motifs is 1. The Hall–Kier alpha value is -2.44. The first kappa shape index (κ1) is 23.3. The Morgan fingerprint density at radius 3 is 2.65 bits per heavy atom. The van der Waals surface area contributed by atoms with Gasteiger partial charge in [0, 0.05) is 54.9 Å². The molecule has 2 aliphatic rings. The molecule has 34 heavy (non-hydrogen) atoms. The summed E-state index contributed by atoms with van der Waals surface area (Å²) in [6.45, 7) is 3.32. The van der Waals surface area contributed by atoms with Crippen LogP contribution >= 0.6 is 11.6 Å². The topological polar surface area (TPSA) is 51.0 Å². The van der Waals surface area contributed by atoms with Crippen LogP contribution in [0.4, 0.5) is 5.69 Å². The molecule has 2 fully saturated rings. The van der Waals surface area contributed by atoms with Crippen LogP contribution in [0.5, 0.6) is 11.5 Å². The van der Waals surface area contributed by atoms with Crippen molar-refractivity contribution < 1.29 is 9.47 Å². The first-order chi connectivity index (χ1) is 16.6. The van der Waals surface area contributed by atoms with E-state index >= 15 is 0 Å². The lowest BCUT2D eigenvalue weighted by Gasteiger charge is -2.36. The second kappa shape index (κ2) is 10.4. The maximum Gasteiger partial charge on any atom is 0.141 e. The van der Waals surface area contributed by atoms with E-state index in [0.29, 0.717) is 22.6 Å². The molecule has 0 amide bonds. The van der Waals surface area contributed by atoms with E-state index in [0.717, 1.165) is 35.9 Å². The van der Waals surface area contributed by atoms with Gasteiger partial charge in [0.25, 0.3) is 0 Å². The summed E-state index contributed by atoms with van der Waals surface area (Å²) in [6.07, 6.45) is 13.6. The molecule has 6 nitrogen and oxygen atoms in total. The highest BCUT2D eigenvalue weighted by Gasteiger charge is 2.22. The number of halogens is 1. The first-order valence-electron chi connectivity index (χ1n) is 12.5. The van der Waals surface area contributed by atoms with Gasteiger partial charge in [-0.1, -0.05) is 30.9 Å². The highest BCUT2D eigenvalue weighted by Crippen LogP contribution is 2.38. The number of nitrogens with one attached hydrogen (secondary N) is 1. The number of imidazole rings is 1. The number of benzene rings is 1. The van der Waals surface area contributed by atoms with Crippen molar-refractivity contribution in [2.45, 2.75) is 51.0 Å². The Morgan fingerprint density at radius 2 is 1.85 bits per heavy atom. The molecule has 1 saturated heterocycles. The zero-order valence-electron chi connectivity index (χ0n) is 20.2. The van der Waals surface area contributed by atoms with Crippen molar-refractivity contribution in [3.8, 4) is 22.8 Å². The number of methoxy groups -OCH3 is 2. The molecule has 182 valence electrons. The molecule has 1 atom stereocenters. The molecule has 0 spiro atoms. The van der Waals surface area contributed by atoms with Crippen molar-refractivity contribution in [2.24, 2.45) is 5.92 Å². The van der Waals surface area contributed by atoms with E-state index in [2.05, 4.69) is 32.9 Å². The van der Waals surface area contributed by atoms with Crippen LogP contribution < -0.4 is 19.7 Å². The monoisotopic (exact) mass is 482 g/mol. The second-order valence-corrected chi connectivity index (χ2v) is 10.1. The summed E-state index contributed by atoms with van der Waals surface area (Å²) in [5.74, 6) is 2.14. The van der Waals surface area contributed by atoms with E-state index in [9.17, 15) is 0 Å². The SMILES string of the molecule is COc1cc(OC)c(-c2cn3ccc(N4CCC[C@H](NCC5CCCCC5)C4)cc3n2)cc1Cl. The molecule has 1 saturated carbocycles. The molecule has 1 aromatic carbocycles. The molecule has 1 N–H and O–H groups in total. The molecule has 1 aliphatic carbocycles. The standard InChI is InChI=1S/C27H35ClN4O2/c1-33-25-15-26(34-2)23(28)14-22(25)24-18-32-12-10-21(13-27(32)30-24)31-11-6-9-20(17-31)29-16-19-7-4-3-5-8-19/h10,12-15,18-20,29H,3-9,11,16-17H2,1-2H3/t20-/m0/s1. The number of hydrogen-bond donors (Lipinski definition) is 1. The van der Waals surface area contributed by atoms with Gasteiger partial charge in [-0.3, -0.25) is 0 Å². The number of pyridine rings is 1. The summed E-state index contributed by atoms with van der Waals surface area (Å²) in [5.41, 5.74) is 3.82. The lowest BCUT2D eigenvalue weighted by Crippen LogP contribution is -2.47. The van der Waals surface area contributed by atoms with E-state index in [1.807, 2.05) is 12.3 Å². The zero-order chi connectivity index (χ0) is 23.5. The first-order valence-corrected chi connectivity index (χ1v) is 12.9. The van der Waals surface area contributed by atoms with Crippen LogP contribution in [-0.4, -0.2) is 49.3 Å². The fraction of sp³-hybridized carbons (Fsp3) is 0.519. The van der Waals surface area contributed by atoms with E-state index in [-0.39, 0.29) is 0 Å². The normalized spacial score (nSPS) is 19.5.